The van der Waals surface area contributed by atoms with E-state index >= 15 is 0 Å². The summed E-state index contributed by atoms with van der Waals surface area (Å²) in [5.74, 6) is -0.309. The number of carbonyl (C=O) groups is 1. The smallest absolute Gasteiger partial charge is 0.319 e. The summed E-state index contributed by atoms with van der Waals surface area (Å²) in [7, 11) is 0. The lowest BCUT2D eigenvalue weighted by molar-refractivity contribution is 0.156. The Morgan fingerprint density at radius 1 is 1.35 bits per heavy atom. The highest BCUT2D eigenvalue weighted by molar-refractivity contribution is 5.89. The van der Waals surface area contributed by atoms with Gasteiger partial charge in [-0.15, -0.1) is 0 Å². The minimum Gasteiger partial charge on any atom is -0.334 e. The first-order valence-corrected chi connectivity index (χ1v) is 7.12. The molecule has 1 fully saturated rings. The number of halogens is 1. The maximum Gasteiger partial charge on any atom is 0.319 e. The molecule has 2 amide bonds. The summed E-state index contributed by atoms with van der Waals surface area (Å²) in [4.78, 5) is 14.3. The monoisotopic (exact) mass is 279 g/mol. The summed E-state index contributed by atoms with van der Waals surface area (Å²) in [6.45, 7) is 6.31. The van der Waals surface area contributed by atoms with Crippen LogP contribution < -0.4 is 10.6 Å². The van der Waals surface area contributed by atoms with E-state index in [0.717, 1.165) is 25.9 Å². The Labute approximate surface area is 119 Å². The van der Waals surface area contributed by atoms with Gasteiger partial charge in [-0.25, -0.2) is 9.18 Å². The standard InChI is InChI=1S/C15H22FN3O/c1-11(2)19-9-3-4-14(10-19)18-15(20)17-13-7-5-12(16)6-8-13/h5-8,11,14H,3-4,9-10H2,1-2H3,(H2,17,18,20)/t14-/m1/s1. The molecule has 1 heterocycles. The Hall–Kier alpha value is -1.62. The molecule has 0 spiro atoms. The van der Waals surface area contributed by atoms with Crippen LogP contribution in [0, 0.1) is 5.82 Å². The van der Waals surface area contributed by atoms with E-state index in [1.54, 1.807) is 12.1 Å². The minimum atomic E-state index is -0.309. The fraction of sp³-hybridized carbons (Fsp3) is 0.533. The molecule has 2 rings (SSSR count). The molecule has 0 aliphatic carbocycles. The van der Waals surface area contributed by atoms with Crippen molar-refractivity contribution in [1.29, 1.82) is 0 Å². The Morgan fingerprint density at radius 3 is 2.70 bits per heavy atom. The van der Waals surface area contributed by atoms with Crippen molar-refractivity contribution in [3.63, 3.8) is 0 Å². The summed E-state index contributed by atoms with van der Waals surface area (Å²) in [5.41, 5.74) is 0.598. The number of anilines is 1. The molecular weight excluding hydrogens is 257 g/mol. The Morgan fingerprint density at radius 2 is 2.05 bits per heavy atom. The second-order valence-electron chi connectivity index (χ2n) is 5.53. The van der Waals surface area contributed by atoms with Crippen LogP contribution >= 0.6 is 0 Å². The highest BCUT2D eigenvalue weighted by atomic mass is 19.1. The molecule has 4 nitrogen and oxygen atoms in total. The van der Waals surface area contributed by atoms with Gasteiger partial charge in [-0.3, -0.25) is 4.90 Å². The summed E-state index contributed by atoms with van der Waals surface area (Å²) >= 11 is 0. The second kappa shape index (κ2) is 6.70. The van der Waals surface area contributed by atoms with E-state index in [9.17, 15) is 9.18 Å². The zero-order valence-electron chi connectivity index (χ0n) is 12.0. The van der Waals surface area contributed by atoms with Crippen molar-refractivity contribution in [3.8, 4) is 0 Å². The van der Waals surface area contributed by atoms with E-state index in [0.29, 0.717) is 11.7 Å². The third-order valence-electron chi connectivity index (χ3n) is 3.62. The highest BCUT2D eigenvalue weighted by Gasteiger charge is 2.22. The van der Waals surface area contributed by atoms with Gasteiger partial charge in [-0.2, -0.15) is 0 Å². The molecular formula is C15H22FN3O. The first kappa shape index (κ1) is 14.8. The average Bonchev–Trinajstić information content (AvgIpc) is 2.41. The molecule has 0 radical (unpaired) electrons. The maximum atomic E-state index is 12.8. The van der Waals surface area contributed by atoms with E-state index in [1.807, 2.05) is 0 Å². The Balaban J connectivity index is 1.83. The van der Waals surface area contributed by atoms with Crippen LogP contribution in [-0.2, 0) is 0 Å². The van der Waals surface area contributed by atoms with Crippen LogP contribution in [0.2, 0.25) is 0 Å². The average molecular weight is 279 g/mol. The number of benzene rings is 1. The molecule has 0 saturated carbocycles. The Bertz CT molecular complexity index is 447. The molecule has 0 unspecified atom stereocenters. The first-order chi connectivity index (χ1) is 9.54. The number of amides is 2. The zero-order chi connectivity index (χ0) is 14.5. The highest BCUT2D eigenvalue weighted by Crippen LogP contribution is 2.13. The molecule has 2 N–H and O–H groups in total. The van der Waals surface area contributed by atoms with Gasteiger partial charge in [0.05, 0.1) is 0 Å². The summed E-state index contributed by atoms with van der Waals surface area (Å²) < 4.78 is 12.8. The predicted octanol–water partition coefficient (Wildman–Crippen LogP) is 2.82. The van der Waals surface area contributed by atoms with Crippen molar-refractivity contribution in [2.24, 2.45) is 0 Å². The number of likely N-dealkylation sites (tertiary alicyclic amines) is 1. The zero-order valence-corrected chi connectivity index (χ0v) is 12.0. The van der Waals surface area contributed by atoms with Gasteiger partial charge in [-0.1, -0.05) is 0 Å². The number of piperidine rings is 1. The number of nitrogens with one attached hydrogen (secondary N) is 2. The number of urea groups is 1. The van der Waals surface area contributed by atoms with Crippen molar-refractivity contribution in [3.05, 3.63) is 30.1 Å². The molecule has 110 valence electrons. The quantitative estimate of drug-likeness (QED) is 0.893. The van der Waals surface area contributed by atoms with E-state index < -0.39 is 0 Å². The van der Waals surface area contributed by atoms with Crippen molar-refractivity contribution in [1.82, 2.24) is 10.2 Å². The molecule has 1 saturated heterocycles. The fourth-order valence-electron chi connectivity index (χ4n) is 2.48. The minimum absolute atomic E-state index is 0.173. The number of rotatable bonds is 3. The predicted molar refractivity (Wildman–Crippen MR) is 78.3 cm³/mol. The van der Waals surface area contributed by atoms with Crippen molar-refractivity contribution < 1.29 is 9.18 Å². The third kappa shape index (κ3) is 4.20. The van der Waals surface area contributed by atoms with Gasteiger partial charge in [0.1, 0.15) is 5.82 Å². The second-order valence-corrected chi connectivity index (χ2v) is 5.53. The van der Waals surface area contributed by atoms with Crippen LogP contribution in [0.4, 0.5) is 14.9 Å². The number of carbonyl (C=O) groups excluding carboxylic acids is 1. The largest absolute Gasteiger partial charge is 0.334 e. The molecule has 1 aromatic carbocycles. The number of hydrogen-bond donors (Lipinski definition) is 2. The van der Waals surface area contributed by atoms with Crippen LogP contribution in [-0.4, -0.2) is 36.1 Å². The molecule has 20 heavy (non-hydrogen) atoms. The van der Waals surface area contributed by atoms with Crippen LogP contribution in [0.1, 0.15) is 26.7 Å². The van der Waals surface area contributed by atoms with Crippen LogP contribution in [0.3, 0.4) is 0 Å². The van der Waals surface area contributed by atoms with Crippen LogP contribution in [0.25, 0.3) is 0 Å². The molecule has 1 aromatic rings. The molecule has 0 aromatic heterocycles. The fourth-order valence-corrected chi connectivity index (χ4v) is 2.48. The van der Waals surface area contributed by atoms with Crippen LogP contribution in [0.5, 0.6) is 0 Å². The van der Waals surface area contributed by atoms with Gasteiger partial charge in [0.15, 0.2) is 0 Å². The lowest BCUT2D eigenvalue weighted by atomic mass is 10.0. The van der Waals surface area contributed by atoms with Crippen LogP contribution in [0.15, 0.2) is 24.3 Å². The normalized spacial score (nSPS) is 19.9. The molecule has 1 aliphatic heterocycles. The SMILES string of the molecule is CC(C)N1CCC[C@@H](NC(=O)Nc2ccc(F)cc2)C1. The summed E-state index contributed by atoms with van der Waals surface area (Å²) in [6.07, 6.45) is 2.10. The number of nitrogens with zero attached hydrogens (tertiary/aromatic N) is 1. The first-order valence-electron chi connectivity index (χ1n) is 7.12. The molecule has 1 atom stereocenters. The van der Waals surface area contributed by atoms with E-state index in [4.69, 9.17) is 0 Å². The van der Waals surface area contributed by atoms with Gasteiger partial charge >= 0.3 is 6.03 Å². The van der Waals surface area contributed by atoms with E-state index in [1.165, 1.54) is 12.1 Å². The molecule has 1 aliphatic rings. The van der Waals surface area contributed by atoms with Gasteiger partial charge in [0.25, 0.3) is 0 Å². The summed E-state index contributed by atoms with van der Waals surface area (Å²) in [5, 5.41) is 5.71. The van der Waals surface area contributed by atoms with Crippen molar-refractivity contribution in [2.45, 2.75) is 38.8 Å². The van der Waals surface area contributed by atoms with E-state index in [-0.39, 0.29) is 17.9 Å². The van der Waals surface area contributed by atoms with E-state index in [2.05, 4.69) is 29.4 Å². The van der Waals surface area contributed by atoms with Crippen molar-refractivity contribution in [2.75, 3.05) is 18.4 Å². The van der Waals surface area contributed by atoms with Crippen molar-refractivity contribution >= 4 is 11.7 Å². The third-order valence-corrected chi connectivity index (χ3v) is 3.62. The van der Waals surface area contributed by atoms with Gasteiger partial charge in [0.2, 0.25) is 0 Å². The van der Waals surface area contributed by atoms with Gasteiger partial charge in [0, 0.05) is 24.3 Å². The summed E-state index contributed by atoms with van der Waals surface area (Å²) in [6, 6.07) is 6.21. The number of hydrogen-bond acceptors (Lipinski definition) is 2. The molecule has 5 heteroatoms. The lowest BCUT2D eigenvalue weighted by Gasteiger charge is -2.35. The lowest BCUT2D eigenvalue weighted by Crippen LogP contribution is -2.50. The van der Waals surface area contributed by atoms with Gasteiger partial charge < -0.3 is 10.6 Å². The Kier molecular flexibility index (Phi) is 4.95. The maximum absolute atomic E-state index is 12.8. The van der Waals surface area contributed by atoms with Gasteiger partial charge in [-0.05, 0) is 57.5 Å². The topological polar surface area (TPSA) is 44.4 Å². The molecule has 0 bridgehead atoms.